The highest BCUT2D eigenvalue weighted by atomic mass is 16.3. The van der Waals surface area contributed by atoms with Crippen LogP contribution in [-0.2, 0) is 4.79 Å². The lowest BCUT2D eigenvalue weighted by atomic mass is 9.79. The second-order valence-electron chi connectivity index (χ2n) is 8.11. The molecular weight excluding hydrogens is 352 g/mol. The smallest absolute Gasteiger partial charge is 0.249 e. The zero-order valence-corrected chi connectivity index (χ0v) is 17.2. The third-order valence-electron chi connectivity index (χ3n) is 6.24. The van der Waals surface area contributed by atoms with Crippen LogP contribution in [0.1, 0.15) is 57.6 Å². The van der Waals surface area contributed by atoms with Crippen LogP contribution in [0.4, 0.5) is 0 Å². The van der Waals surface area contributed by atoms with Gasteiger partial charge in [0.05, 0.1) is 25.7 Å². The SMILES string of the molecule is CCC=C(CC)C(=O)N1CC(O)(C2CCCCN2C(CO)c2ccccc2)C1. The summed E-state index contributed by atoms with van der Waals surface area (Å²) in [5.41, 5.74) is 1.01. The molecule has 5 heteroatoms. The first kappa shape index (κ1) is 21.0. The quantitative estimate of drug-likeness (QED) is 0.708. The highest BCUT2D eigenvalue weighted by Gasteiger charge is 2.52. The molecule has 0 spiro atoms. The van der Waals surface area contributed by atoms with E-state index in [-0.39, 0.29) is 24.6 Å². The van der Waals surface area contributed by atoms with Crippen molar-refractivity contribution < 1.29 is 15.0 Å². The van der Waals surface area contributed by atoms with Crippen molar-refractivity contribution in [3.05, 3.63) is 47.5 Å². The molecule has 5 nitrogen and oxygen atoms in total. The summed E-state index contributed by atoms with van der Waals surface area (Å²) in [7, 11) is 0. The summed E-state index contributed by atoms with van der Waals surface area (Å²) in [5.74, 6) is 0.0538. The molecule has 1 aromatic rings. The molecule has 1 amide bonds. The van der Waals surface area contributed by atoms with Gasteiger partial charge in [0, 0.05) is 11.6 Å². The minimum atomic E-state index is -0.899. The summed E-state index contributed by atoms with van der Waals surface area (Å²) in [4.78, 5) is 16.7. The second-order valence-corrected chi connectivity index (χ2v) is 8.11. The Morgan fingerprint density at radius 2 is 1.96 bits per heavy atom. The van der Waals surface area contributed by atoms with E-state index >= 15 is 0 Å². The van der Waals surface area contributed by atoms with E-state index in [0.717, 1.165) is 49.8 Å². The lowest BCUT2D eigenvalue weighted by Gasteiger charge is -2.56. The number of amides is 1. The third-order valence-corrected chi connectivity index (χ3v) is 6.24. The monoisotopic (exact) mass is 386 g/mol. The molecule has 2 aliphatic rings. The maximum Gasteiger partial charge on any atom is 0.249 e. The molecule has 0 radical (unpaired) electrons. The van der Waals surface area contributed by atoms with Gasteiger partial charge >= 0.3 is 0 Å². The molecule has 0 aliphatic carbocycles. The Morgan fingerprint density at radius 3 is 2.57 bits per heavy atom. The van der Waals surface area contributed by atoms with E-state index in [1.165, 1.54) is 0 Å². The normalized spacial score (nSPS) is 23.9. The molecule has 2 atom stereocenters. The summed E-state index contributed by atoms with van der Waals surface area (Å²) in [6.45, 7) is 5.67. The fraction of sp³-hybridized carbons (Fsp3) is 0.609. The highest BCUT2D eigenvalue weighted by molar-refractivity contribution is 5.94. The predicted octanol–water partition coefficient (Wildman–Crippen LogP) is 2.89. The molecular formula is C23H34N2O3. The number of hydrogen-bond donors (Lipinski definition) is 2. The first-order valence-corrected chi connectivity index (χ1v) is 10.7. The number of allylic oxidation sites excluding steroid dienone is 1. The third kappa shape index (κ3) is 4.17. The number of piperidine rings is 1. The second kappa shape index (κ2) is 9.21. The topological polar surface area (TPSA) is 64.0 Å². The molecule has 0 saturated carbocycles. The van der Waals surface area contributed by atoms with Gasteiger partial charge in [0.2, 0.25) is 5.91 Å². The number of aliphatic hydroxyl groups excluding tert-OH is 1. The van der Waals surface area contributed by atoms with Crippen LogP contribution >= 0.6 is 0 Å². The summed E-state index contributed by atoms with van der Waals surface area (Å²) >= 11 is 0. The minimum Gasteiger partial charge on any atom is -0.394 e. The van der Waals surface area contributed by atoms with E-state index in [2.05, 4.69) is 4.90 Å². The number of rotatable bonds is 7. The van der Waals surface area contributed by atoms with Crippen LogP contribution in [-0.4, -0.2) is 63.8 Å². The molecule has 2 fully saturated rings. The molecule has 0 bridgehead atoms. The first-order chi connectivity index (χ1) is 13.5. The number of aliphatic hydroxyl groups is 2. The van der Waals surface area contributed by atoms with Gasteiger partial charge in [-0.05, 0) is 37.8 Å². The maximum atomic E-state index is 12.7. The van der Waals surface area contributed by atoms with Crippen LogP contribution in [0.5, 0.6) is 0 Å². The van der Waals surface area contributed by atoms with Crippen molar-refractivity contribution in [3.8, 4) is 0 Å². The highest BCUT2D eigenvalue weighted by Crippen LogP contribution is 2.38. The number of hydrogen-bond acceptors (Lipinski definition) is 4. The Hall–Kier alpha value is -1.69. The first-order valence-electron chi connectivity index (χ1n) is 10.7. The minimum absolute atomic E-state index is 0.0262. The molecule has 2 aliphatic heterocycles. The van der Waals surface area contributed by atoms with Crippen molar-refractivity contribution in [2.24, 2.45) is 0 Å². The maximum absolute atomic E-state index is 12.7. The van der Waals surface area contributed by atoms with Crippen LogP contribution in [0, 0.1) is 0 Å². The van der Waals surface area contributed by atoms with Gasteiger partial charge in [-0.25, -0.2) is 0 Å². The number of likely N-dealkylation sites (tertiary alicyclic amines) is 2. The van der Waals surface area contributed by atoms with Crippen LogP contribution in [0.25, 0.3) is 0 Å². The van der Waals surface area contributed by atoms with Gasteiger partial charge in [-0.15, -0.1) is 0 Å². The Kier molecular flexibility index (Phi) is 6.91. The summed E-state index contributed by atoms with van der Waals surface area (Å²) in [6, 6.07) is 9.87. The van der Waals surface area contributed by atoms with E-state index in [1.54, 1.807) is 4.90 Å². The fourth-order valence-corrected chi connectivity index (χ4v) is 4.78. The van der Waals surface area contributed by atoms with E-state index in [1.807, 2.05) is 50.3 Å². The van der Waals surface area contributed by atoms with Gasteiger partial charge in [-0.3, -0.25) is 9.69 Å². The zero-order valence-electron chi connectivity index (χ0n) is 17.2. The molecule has 28 heavy (non-hydrogen) atoms. The van der Waals surface area contributed by atoms with Gasteiger partial charge in [0.1, 0.15) is 5.60 Å². The van der Waals surface area contributed by atoms with Crippen LogP contribution in [0.3, 0.4) is 0 Å². The average Bonchev–Trinajstić information content (AvgIpc) is 2.71. The van der Waals surface area contributed by atoms with Crippen LogP contribution < -0.4 is 0 Å². The number of benzene rings is 1. The van der Waals surface area contributed by atoms with Crippen molar-refractivity contribution in [2.45, 2.75) is 63.6 Å². The van der Waals surface area contributed by atoms with Gasteiger partial charge in [0.15, 0.2) is 0 Å². The number of carbonyl (C=O) groups is 1. The Bertz CT molecular complexity index is 682. The van der Waals surface area contributed by atoms with Crippen molar-refractivity contribution in [1.29, 1.82) is 0 Å². The lowest BCUT2D eigenvalue weighted by molar-refractivity contribution is -0.176. The average molecular weight is 387 g/mol. The van der Waals surface area contributed by atoms with Gasteiger partial charge < -0.3 is 15.1 Å². The van der Waals surface area contributed by atoms with Crippen molar-refractivity contribution >= 4 is 5.91 Å². The molecule has 154 valence electrons. The summed E-state index contributed by atoms with van der Waals surface area (Å²) in [5, 5.41) is 21.5. The number of carbonyl (C=O) groups excluding carboxylic acids is 1. The lowest BCUT2D eigenvalue weighted by Crippen LogP contribution is -2.72. The van der Waals surface area contributed by atoms with Gasteiger partial charge in [-0.1, -0.05) is 56.7 Å². The van der Waals surface area contributed by atoms with Crippen molar-refractivity contribution in [1.82, 2.24) is 9.80 Å². The zero-order chi connectivity index (χ0) is 20.1. The van der Waals surface area contributed by atoms with Crippen molar-refractivity contribution in [2.75, 3.05) is 26.2 Å². The van der Waals surface area contributed by atoms with E-state index in [9.17, 15) is 15.0 Å². The molecule has 2 N–H and O–H groups in total. The molecule has 3 rings (SSSR count). The number of nitrogens with zero attached hydrogens (tertiary/aromatic N) is 2. The molecule has 2 unspecified atom stereocenters. The standard InChI is InChI=1S/C23H34N2O3/c1-3-10-18(4-2)22(27)24-16-23(28,17-24)21-13-8-9-14-25(21)20(15-26)19-11-6-5-7-12-19/h5-7,10-12,20-21,26,28H,3-4,8-9,13-17H2,1-2H3. The largest absolute Gasteiger partial charge is 0.394 e. The van der Waals surface area contributed by atoms with Gasteiger partial charge in [0.25, 0.3) is 0 Å². The molecule has 1 aromatic carbocycles. The Labute approximate surface area is 168 Å². The summed E-state index contributed by atoms with van der Waals surface area (Å²) < 4.78 is 0. The number of β-amino-alcohol motifs (C(OH)–C–C–N with tert-alkyl or cyclic N) is 1. The van der Waals surface area contributed by atoms with Crippen LogP contribution in [0.15, 0.2) is 42.0 Å². The summed E-state index contributed by atoms with van der Waals surface area (Å²) in [6.07, 6.45) is 6.59. The Balaban J connectivity index is 1.74. The van der Waals surface area contributed by atoms with E-state index in [0.29, 0.717) is 13.1 Å². The molecule has 2 heterocycles. The van der Waals surface area contributed by atoms with Crippen LogP contribution in [0.2, 0.25) is 0 Å². The van der Waals surface area contributed by atoms with E-state index < -0.39 is 5.60 Å². The molecule has 2 saturated heterocycles. The van der Waals surface area contributed by atoms with Gasteiger partial charge in [-0.2, -0.15) is 0 Å². The predicted molar refractivity (Wildman–Crippen MR) is 111 cm³/mol. The fourth-order valence-electron chi connectivity index (χ4n) is 4.78. The van der Waals surface area contributed by atoms with Crippen molar-refractivity contribution in [3.63, 3.8) is 0 Å². The molecule has 0 aromatic heterocycles. The Morgan fingerprint density at radius 1 is 1.25 bits per heavy atom. The van der Waals surface area contributed by atoms with E-state index in [4.69, 9.17) is 0 Å².